The SMILES string of the molecule is CC(C)(CNC(=O)C1CCCCS1)C(N)=S. The van der Waals surface area contributed by atoms with Crippen molar-refractivity contribution in [3.05, 3.63) is 0 Å². The van der Waals surface area contributed by atoms with Crippen molar-refractivity contribution in [1.82, 2.24) is 5.32 Å². The molecular formula is C11H20N2OS2. The van der Waals surface area contributed by atoms with Crippen LogP contribution in [0.5, 0.6) is 0 Å². The fourth-order valence-electron chi connectivity index (χ4n) is 1.46. The van der Waals surface area contributed by atoms with Gasteiger partial charge >= 0.3 is 0 Å². The van der Waals surface area contributed by atoms with Crippen molar-refractivity contribution in [2.24, 2.45) is 11.1 Å². The molecule has 0 saturated carbocycles. The molecule has 0 spiro atoms. The van der Waals surface area contributed by atoms with Crippen LogP contribution in [0.1, 0.15) is 33.1 Å². The maximum atomic E-state index is 11.9. The number of hydrogen-bond donors (Lipinski definition) is 2. The average Bonchev–Trinajstić information content (AvgIpc) is 2.27. The molecule has 1 fully saturated rings. The number of hydrogen-bond acceptors (Lipinski definition) is 3. The maximum Gasteiger partial charge on any atom is 0.233 e. The van der Waals surface area contributed by atoms with E-state index in [2.05, 4.69) is 5.32 Å². The second-order valence-electron chi connectivity index (χ2n) is 4.82. The van der Waals surface area contributed by atoms with Crippen molar-refractivity contribution in [3.8, 4) is 0 Å². The minimum atomic E-state index is -0.301. The third-order valence-corrected chi connectivity index (χ3v) is 4.77. The van der Waals surface area contributed by atoms with Crippen LogP contribution in [0.4, 0.5) is 0 Å². The van der Waals surface area contributed by atoms with Crippen LogP contribution in [0, 0.1) is 5.41 Å². The predicted octanol–water partition coefficient (Wildman–Crippen LogP) is 1.70. The molecular weight excluding hydrogens is 240 g/mol. The Hall–Kier alpha value is -0.290. The molecule has 0 aromatic heterocycles. The Labute approximate surface area is 107 Å². The molecule has 1 aliphatic rings. The van der Waals surface area contributed by atoms with E-state index in [4.69, 9.17) is 18.0 Å². The summed E-state index contributed by atoms with van der Waals surface area (Å²) in [7, 11) is 0. The van der Waals surface area contributed by atoms with Gasteiger partial charge in [-0.15, -0.1) is 11.8 Å². The van der Waals surface area contributed by atoms with E-state index >= 15 is 0 Å². The zero-order chi connectivity index (χ0) is 12.2. The van der Waals surface area contributed by atoms with E-state index in [1.165, 1.54) is 6.42 Å². The number of nitrogens with two attached hydrogens (primary N) is 1. The van der Waals surface area contributed by atoms with Gasteiger partial charge < -0.3 is 11.1 Å². The fourth-order valence-corrected chi connectivity index (χ4v) is 2.75. The molecule has 16 heavy (non-hydrogen) atoms. The molecule has 1 heterocycles. The van der Waals surface area contributed by atoms with Crippen LogP contribution in [-0.2, 0) is 4.79 Å². The number of rotatable bonds is 4. The monoisotopic (exact) mass is 260 g/mol. The Kier molecular flexibility index (Phi) is 5.05. The molecule has 1 amide bonds. The van der Waals surface area contributed by atoms with Crippen LogP contribution < -0.4 is 11.1 Å². The predicted molar refractivity (Wildman–Crippen MR) is 73.7 cm³/mol. The molecule has 5 heteroatoms. The van der Waals surface area contributed by atoms with E-state index in [0.717, 1.165) is 18.6 Å². The van der Waals surface area contributed by atoms with E-state index < -0.39 is 0 Å². The summed E-state index contributed by atoms with van der Waals surface area (Å²) in [6.07, 6.45) is 3.38. The highest BCUT2D eigenvalue weighted by atomic mass is 32.2. The Balaban J connectivity index is 2.37. The lowest BCUT2D eigenvalue weighted by molar-refractivity contribution is -0.121. The number of nitrogens with one attached hydrogen (secondary N) is 1. The molecule has 0 aliphatic carbocycles. The quantitative estimate of drug-likeness (QED) is 0.756. The van der Waals surface area contributed by atoms with Crippen molar-refractivity contribution >= 4 is 34.9 Å². The van der Waals surface area contributed by atoms with Crippen LogP contribution in [-0.4, -0.2) is 28.4 Å². The second-order valence-corrected chi connectivity index (χ2v) is 6.57. The highest BCUT2D eigenvalue weighted by Crippen LogP contribution is 2.25. The van der Waals surface area contributed by atoms with Crippen LogP contribution in [0.15, 0.2) is 0 Å². The van der Waals surface area contributed by atoms with E-state index in [9.17, 15) is 4.79 Å². The highest BCUT2D eigenvalue weighted by Gasteiger charge is 2.26. The standard InChI is InChI=1S/C11H20N2OS2/c1-11(2,10(12)15)7-13-9(14)8-5-3-4-6-16-8/h8H,3-7H2,1-2H3,(H2,12,15)(H,13,14). The first-order valence-electron chi connectivity index (χ1n) is 5.63. The summed E-state index contributed by atoms with van der Waals surface area (Å²) in [5, 5.41) is 3.07. The summed E-state index contributed by atoms with van der Waals surface area (Å²) in [4.78, 5) is 12.3. The second kappa shape index (κ2) is 5.87. The van der Waals surface area contributed by atoms with Crippen molar-refractivity contribution in [2.75, 3.05) is 12.3 Å². The molecule has 1 aliphatic heterocycles. The van der Waals surface area contributed by atoms with Gasteiger partial charge in [-0.1, -0.05) is 32.5 Å². The molecule has 1 rings (SSSR count). The normalized spacial score (nSPS) is 21.5. The molecule has 1 unspecified atom stereocenters. The number of carbonyl (C=O) groups is 1. The van der Waals surface area contributed by atoms with Gasteiger partial charge in [0.05, 0.1) is 10.2 Å². The summed E-state index contributed by atoms with van der Waals surface area (Å²) in [6, 6.07) is 0. The van der Waals surface area contributed by atoms with Gasteiger partial charge in [-0.25, -0.2) is 0 Å². The Morgan fingerprint density at radius 1 is 1.56 bits per heavy atom. The van der Waals surface area contributed by atoms with Crippen LogP contribution in [0.3, 0.4) is 0 Å². The lowest BCUT2D eigenvalue weighted by atomic mass is 9.93. The summed E-state index contributed by atoms with van der Waals surface area (Å²) < 4.78 is 0. The zero-order valence-corrected chi connectivity index (χ0v) is 11.5. The number of carbonyl (C=O) groups excluding carboxylic acids is 1. The zero-order valence-electron chi connectivity index (χ0n) is 9.91. The smallest absolute Gasteiger partial charge is 0.233 e. The molecule has 3 N–H and O–H groups in total. The van der Waals surface area contributed by atoms with Gasteiger partial charge in [0.2, 0.25) is 5.91 Å². The Morgan fingerprint density at radius 3 is 2.75 bits per heavy atom. The van der Waals surface area contributed by atoms with E-state index in [0.29, 0.717) is 11.5 Å². The Morgan fingerprint density at radius 2 is 2.25 bits per heavy atom. The fraction of sp³-hybridized carbons (Fsp3) is 0.818. The molecule has 1 saturated heterocycles. The van der Waals surface area contributed by atoms with Crippen LogP contribution >= 0.6 is 24.0 Å². The third kappa shape index (κ3) is 3.94. The largest absolute Gasteiger partial charge is 0.393 e. The molecule has 1 atom stereocenters. The van der Waals surface area contributed by atoms with Gasteiger partial charge in [-0.2, -0.15) is 0 Å². The van der Waals surface area contributed by atoms with Gasteiger partial charge in [-0.05, 0) is 18.6 Å². The summed E-state index contributed by atoms with van der Waals surface area (Å²) in [5.41, 5.74) is 5.31. The number of thioether (sulfide) groups is 1. The first-order valence-corrected chi connectivity index (χ1v) is 7.08. The van der Waals surface area contributed by atoms with Crippen molar-refractivity contribution in [1.29, 1.82) is 0 Å². The molecule has 3 nitrogen and oxygen atoms in total. The van der Waals surface area contributed by atoms with Crippen LogP contribution in [0.2, 0.25) is 0 Å². The van der Waals surface area contributed by atoms with Gasteiger partial charge in [0.15, 0.2) is 0 Å². The van der Waals surface area contributed by atoms with Gasteiger partial charge in [0, 0.05) is 12.0 Å². The van der Waals surface area contributed by atoms with Gasteiger partial charge in [-0.3, -0.25) is 4.79 Å². The van der Waals surface area contributed by atoms with Crippen molar-refractivity contribution < 1.29 is 4.79 Å². The molecule has 92 valence electrons. The minimum absolute atomic E-state index is 0.121. The minimum Gasteiger partial charge on any atom is -0.393 e. The first-order chi connectivity index (χ1) is 7.43. The van der Waals surface area contributed by atoms with Crippen molar-refractivity contribution in [2.45, 2.75) is 38.4 Å². The summed E-state index contributed by atoms with van der Waals surface area (Å²) in [5.74, 6) is 1.23. The molecule has 0 radical (unpaired) electrons. The van der Waals surface area contributed by atoms with Crippen molar-refractivity contribution in [3.63, 3.8) is 0 Å². The average molecular weight is 260 g/mol. The number of thiocarbonyl (C=S) groups is 1. The third-order valence-electron chi connectivity index (χ3n) is 2.84. The van der Waals surface area contributed by atoms with Crippen LogP contribution in [0.25, 0.3) is 0 Å². The van der Waals surface area contributed by atoms with E-state index in [1.54, 1.807) is 11.8 Å². The van der Waals surface area contributed by atoms with Gasteiger partial charge in [0.25, 0.3) is 0 Å². The first kappa shape index (κ1) is 13.8. The Bertz CT molecular complexity index is 273. The lowest BCUT2D eigenvalue weighted by Gasteiger charge is -2.26. The summed E-state index contributed by atoms with van der Waals surface area (Å²) >= 11 is 6.72. The maximum absolute atomic E-state index is 11.9. The van der Waals surface area contributed by atoms with Gasteiger partial charge in [0.1, 0.15) is 0 Å². The van der Waals surface area contributed by atoms with E-state index in [-0.39, 0.29) is 16.6 Å². The lowest BCUT2D eigenvalue weighted by Crippen LogP contribution is -2.44. The molecule has 0 aromatic rings. The summed E-state index contributed by atoms with van der Waals surface area (Å²) in [6.45, 7) is 4.42. The number of amides is 1. The highest BCUT2D eigenvalue weighted by molar-refractivity contribution is 8.00. The topological polar surface area (TPSA) is 55.1 Å². The molecule has 0 aromatic carbocycles. The molecule has 0 bridgehead atoms. The van der Waals surface area contributed by atoms with E-state index in [1.807, 2.05) is 13.8 Å².